The summed E-state index contributed by atoms with van der Waals surface area (Å²) in [5, 5.41) is 7.66. The minimum absolute atomic E-state index is 0.0100. The van der Waals surface area contributed by atoms with Gasteiger partial charge < -0.3 is 10.3 Å². The van der Waals surface area contributed by atoms with Crippen LogP contribution in [0.25, 0.3) is 4.48 Å². The van der Waals surface area contributed by atoms with Gasteiger partial charge in [0, 0.05) is 22.4 Å². The molecule has 0 saturated heterocycles. The lowest BCUT2D eigenvalue weighted by molar-refractivity contribution is 0.622. The predicted molar refractivity (Wildman–Crippen MR) is 117 cm³/mol. The molecule has 4 rings (SSSR count). The van der Waals surface area contributed by atoms with Crippen LogP contribution in [0, 0.1) is 11.3 Å². The molecule has 0 amide bonds. The number of nitrogens with one attached hydrogen (secondary N) is 1. The molecule has 2 aliphatic carbocycles. The first-order valence-electron chi connectivity index (χ1n) is 8.53. The maximum Gasteiger partial charge on any atom is 0.133 e. The average Bonchev–Trinajstić information content (AvgIpc) is 3.24. The van der Waals surface area contributed by atoms with Gasteiger partial charge in [0.25, 0.3) is 0 Å². The number of nitrogens with two attached hydrogens (primary N) is 1. The van der Waals surface area contributed by atoms with Crippen molar-refractivity contribution in [2.75, 3.05) is 6.26 Å². The van der Waals surface area contributed by atoms with Gasteiger partial charge in [-0.3, -0.25) is 5.41 Å². The van der Waals surface area contributed by atoms with Crippen molar-refractivity contribution in [1.82, 2.24) is 9.55 Å². The van der Waals surface area contributed by atoms with Crippen molar-refractivity contribution in [1.29, 1.82) is 5.41 Å². The van der Waals surface area contributed by atoms with Crippen molar-refractivity contribution in [3.8, 4) is 0 Å². The molecule has 0 bridgehead atoms. The van der Waals surface area contributed by atoms with E-state index in [1.54, 1.807) is 6.07 Å². The Morgan fingerprint density at radius 1 is 1.56 bits per heavy atom. The molecular formula is C18H19BrN4OS3. The number of thiophene rings is 1. The van der Waals surface area contributed by atoms with E-state index in [1.807, 2.05) is 24.7 Å². The van der Waals surface area contributed by atoms with Crippen molar-refractivity contribution in [3.63, 3.8) is 0 Å². The van der Waals surface area contributed by atoms with Crippen molar-refractivity contribution >= 4 is 60.1 Å². The van der Waals surface area contributed by atoms with Crippen LogP contribution in [0.3, 0.4) is 0 Å². The monoisotopic (exact) mass is 482 g/mol. The molecule has 0 radical (unpaired) electrons. The Bertz CT molecular complexity index is 1000. The Labute approximate surface area is 177 Å². The summed E-state index contributed by atoms with van der Waals surface area (Å²) in [6.07, 6.45) is 11.0. The molecule has 3 N–H and O–H groups in total. The standard InChI is InChI=1S/C18H19BrN4OS3/c1-25-18-15(7-14(26-18)17(20)21)27(24)11-4-5-13-16(12(19)6-11)23(9-22-13)8-10-2-3-10/h4,6-7,9-10H,2-3,5,8H2,1H3,(H3,20,21). The number of aromatic nitrogens is 2. The smallest absolute Gasteiger partial charge is 0.133 e. The molecule has 1 fully saturated rings. The van der Waals surface area contributed by atoms with Crippen LogP contribution >= 0.6 is 39.0 Å². The van der Waals surface area contributed by atoms with Gasteiger partial charge in [-0.15, -0.1) is 23.1 Å². The summed E-state index contributed by atoms with van der Waals surface area (Å²) in [5.74, 6) is 0.768. The molecule has 9 heteroatoms. The lowest BCUT2D eigenvalue weighted by Gasteiger charge is -2.08. The third-order valence-electron chi connectivity index (χ3n) is 4.59. The third kappa shape index (κ3) is 3.87. The zero-order chi connectivity index (χ0) is 19.1. The Balaban J connectivity index is 1.67. The van der Waals surface area contributed by atoms with Crippen LogP contribution in [0.15, 0.2) is 38.6 Å². The number of hydrogen-bond donors (Lipinski definition) is 2. The highest BCUT2D eigenvalue weighted by atomic mass is 79.9. The molecular weight excluding hydrogens is 464 g/mol. The molecule has 2 aromatic heterocycles. The lowest BCUT2D eigenvalue weighted by atomic mass is 10.2. The van der Waals surface area contributed by atoms with Gasteiger partial charge in [0.1, 0.15) is 5.84 Å². The van der Waals surface area contributed by atoms with Crippen molar-refractivity contribution in [3.05, 3.63) is 45.7 Å². The second-order valence-corrected chi connectivity index (χ2v) is 11.0. The van der Waals surface area contributed by atoms with Gasteiger partial charge in [0.05, 0.1) is 42.5 Å². The van der Waals surface area contributed by atoms with E-state index < -0.39 is 10.8 Å². The predicted octanol–water partition coefficient (Wildman–Crippen LogP) is 4.34. The quantitative estimate of drug-likeness (QED) is 0.364. The highest BCUT2D eigenvalue weighted by Crippen LogP contribution is 2.38. The van der Waals surface area contributed by atoms with Gasteiger partial charge in [-0.2, -0.15) is 0 Å². The van der Waals surface area contributed by atoms with Gasteiger partial charge in [-0.05, 0) is 53.1 Å². The normalized spacial score (nSPS) is 17.7. The Morgan fingerprint density at radius 3 is 3.00 bits per heavy atom. The summed E-state index contributed by atoms with van der Waals surface area (Å²) in [6.45, 7) is 0.993. The van der Waals surface area contributed by atoms with E-state index in [4.69, 9.17) is 11.1 Å². The van der Waals surface area contributed by atoms with E-state index in [1.165, 1.54) is 35.9 Å². The molecule has 2 heterocycles. The minimum atomic E-state index is -1.33. The number of rotatable bonds is 6. The van der Waals surface area contributed by atoms with E-state index in [-0.39, 0.29) is 5.84 Å². The molecule has 1 atom stereocenters. The Morgan fingerprint density at radius 2 is 2.33 bits per heavy atom. The number of nitrogens with zero attached hydrogens (tertiary/aromatic N) is 2. The van der Waals surface area contributed by atoms with Gasteiger partial charge in [-0.25, -0.2) is 9.19 Å². The van der Waals surface area contributed by atoms with E-state index in [2.05, 4.69) is 25.5 Å². The van der Waals surface area contributed by atoms with Gasteiger partial charge in [-0.1, -0.05) is 6.08 Å². The Hall–Kier alpha value is -1.16. The van der Waals surface area contributed by atoms with Crippen molar-refractivity contribution < 1.29 is 4.21 Å². The third-order valence-corrected chi connectivity index (χ3v) is 9.19. The summed E-state index contributed by atoms with van der Waals surface area (Å²) < 4.78 is 17.3. The van der Waals surface area contributed by atoms with Crippen LogP contribution in [-0.2, 0) is 23.8 Å². The van der Waals surface area contributed by atoms with Gasteiger partial charge in [0.2, 0.25) is 0 Å². The van der Waals surface area contributed by atoms with E-state index in [0.29, 0.717) is 11.3 Å². The maximum atomic E-state index is 13.3. The second kappa shape index (κ2) is 7.69. The van der Waals surface area contributed by atoms with Crippen LogP contribution in [-0.4, -0.2) is 25.9 Å². The fraction of sp³-hybridized carbons (Fsp3) is 0.333. The molecule has 0 aliphatic heterocycles. The molecule has 142 valence electrons. The summed E-state index contributed by atoms with van der Waals surface area (Å²) in [6, 6.07) is 1.78. The summed E-state index contributed by atoms with van der Waals surface area (Å²) in [4.78, 5) is 6.70. The number of fused-ring (bicyclic) bond motifs is 1. The molecule has 27 heavy (non-hydrogen) atoms. The van der Waals surface area contributed by atoms with E-state index in [9.17, 15) is 4.21 Å². The van der Waals surface area contributed by atoms with Crippen LogP contribution in [0.1, 0.15) is 29.1 Å². The lowest BCUT2D eigenvalue weighted by Crippen LogP contribution is -2.08. The van der Waals surface area contributed by atoms with Crippen molar-refractivity contribution in [2.24, 2.45) is 11.7 Å². The largest absolute Gasteiger partial charge is 0.383 e. The van der Waals surface area contributed by atoms with Crippen LogP contribution in [0.4, 0.5) is 0 Å². The Kier molecular flexibility index (Phi) is 5.46. The minimum Gasteiger partial charge on any atom is -0.383 e. The number of nitrogen functional groups attached to an aromatic ring is 1. The summed E-state index contributed by atoms with van der Waals surface area (Å²) >= 11 is 6.64. The zero-order valence-electron chi connectivity index (χ0n) is 14.7. The van der Waals surface area contributed by atoms with Crippen LogP contribution in [0.5, 0.6) is 0 Å². The van der Waals surface area contributed by atoms with Gasteiger partial charge >= 0.3 is 0 Å². The second-order valence-electron chi connectivity index (χ2n) is 6.59. The number of allylic oxidation sites excluding steroid dienone is 2. The zero-order valence-corrected chi connectivity index (χ0v) is 18.7. The molecule has 1 saturated carbocycles. The van der Waals surface area contributed by atoms with Crippen LogP contribution in [0.2, 0.25) is 0 Å². The number of thioether (sulfide) groups is 1. The topological polar surface area (TPSA) is 84.8 Å². The first-order chi connectivity index (χ1) is 13.0. The number of halogens is 1. The summed E-state index contributed by atoms with van der Waals surface area (Å²) in [7, 11) is -1.33. The van der Waals surface area contributed by atoms with Crippen molar-refractivity contribution in [2.45, 2.75) is 34.9 Å². The number of imidazole rings is 1. The first-order valence-corrected chi connectivity index (χ1v) is 12.5. The fourth-order valence-corrected chi connectivity index (χ4v) is 7.39. The molecule has 2 aromatic rings. The average molecular weight is 483 g/mol. The van der Waals surface area contributed by atoms with Crippen LogP contribution < -0.4 is 5.73 Å². The van der Waals surface area contributed by atoms with E-state index >= 15 is 0 Å². The summed E-state index contributed by atoms with van der Waals surface area (Å²) in [5.41, 5.74) is 7.71. The SMILES string of the molecule is CSc1sc(C(=N)N)cc1S(=O)C1=CCc2ncn(CC3CC3)c2C(Br)=C1. The van der Waals surface area contributed by atoms with E-state index in [0.717, 1.165) is 42.3 Å². The maximum absolute atomic E-state index is 13.3. The molecule has 2 aliphatic rings. The number of hydrogen-bond acceptors (Lipinski definition) is 5. The molecule has 1 unspecified atom stereocenters. The first kappa shape index (κ1) is 19.2. The molecule has 0 spiro atoms. The number of amidine groups is 1. The van der Waals surface area contributed by atoms with Gasteiger partial charge in [0.15, 0.2) is 0 Å². The highest BCUT2D eigenvalue weighted by Gasteiger charge is 2.26. The fourth-order valence-electron chi connectivity index (χ4n) is 3.03. The molecule has 0 aromatic carbocycles. The molecule has 5 nitrogen and oxygen atoms in total. The highest BCUT2D eigenvalue weighted by molar-refractivity contribution is 9.15.